The molecule has 1 heterocycles. The third-order valence-electron chi connectivity index (χ3n) is 1.92. The summed E-state index contributed by atoms with van der Waals surface area (Å²) in [6.07, 6.45) is 0. The molecule has 0 saturated carbocycles. The molecule has 2 rings (SSSR count). The van der Waals surface area contributed by atoms with E-state index < -0.39 is 0 Å². The van der Waals surface area contributed by atoms with Crippen LogP contribution in [0.25, 0.3) is 0 Å². The van der Waals surface area contributed by atoms with Gasteiger partial charge in [-0.1, -0.05) is 12.1 Å². The van der Waals surface area contributed by atoms with Crippen LogP contribution < -0.4 is 4.74 Å². The Morgan fingerprint density at radius 1 is 1.27 bits per heavy atom. The zero-order valence-corrected chi connectivity index (χ0v) is 8.73. The first-order chi connectivity index (χ1) is 7.24. The van der Waals surface area contributed by atoms with E-state index >= 15 is 0 Å². The lowest BCUT2D eigenvalue weighted by atomic mass is 10.2. The van der Waals surface area contributed by atoms with Crippen molar-refractivity contribution in [3.8, 4) is 5.75 Å². The topological polar surface area (TPSA) is 48.2 Å². The number of hydrogen-bond acceptors (Lipinski definition) is 4. The monoisotopic (exact) mass is 204 g/mol. The largest absolute Gasteiger partial charge is 0.484 e. The zero-order chi connectivity index (χ0) is 10.7. The molecule has 0 amide bonds. The van der Waals surface area contributed by atoms with E-state index in [9.17, 15) is 0 Å². The highest BCUT2D eigenvalue weighted by molar-refractivity contribution is 5.27. The molecule has 0 unspecified atom stereocenters. The smallest absolute Gasteiger partial charge is 0.253 e. The van der Waals surface area contributed by atoms with Crippen LogP contribution in [0.1, 0.15) is 17.3 Å². The molecule has 1 aromatic heterocycles. The second-order valence-electron chi connectivity index (χ2n) is 3.32. The molecule has 4 nitrogen and oxygen atoms in total. The van der Waals surface area contributed by atoms with Gasteiger partial charge in [0.25, 0.3) is 5.89 Å². The molecule has 0 aliphatic carbocycles. The minimum Gasteiger partial charge on any atom is -0.484 e. The molecule has 0 aliphatic heterocycles. The maximum Gasteiger partial charge on any atom is 0.253 e. The summed E-state index contributed by atoms with van der Waals surface area (Å²) in [7, 11) is 0. The van der Waals surface area contributed by atoms with Crippen molar-refractivity contribution in [2.24, 2.45) is 0 Å². The van der Waals surface area contributed by atoms with Crippen LogP contribution in [0.2, 0.25) is 0 Å². The number of ether oxygens (including phenoxy) is 1. The van der Waals surface area contributed by atoms with Gasteiger partial charge in [0.1, 0.15) is 5.75 Å². The lowest BCUT2D eigenvalue weighted by Gasteiger charge is -2.03. The summed E-state index contributed by atoms with van der Waals surface area (Å²) < 4.78 is 10.7. The Bertz CT molecular complexity index is 451. The van der Waals surface area contributed by atoms with E-state index in [1.54, 1.807) is 6.92 Å². The fourth-order valence-corrected chi connectivity index (χ4v) is 1.25. The van der Waals surface area contributed by atoms with Crippen molar-refractivity contribution < 1.29 is 9.15 Å². The van der Waals surface area contributed by atoms with Gasteiger partial charge in [0.15, 0.2) is 6.61 Å². The van der Waals surface area contributed by atoms with Gasteiger partial charge in [0.05, 0.1) is 0 Å². The van der Waals surface area contributed by atoms with Crippen LogP contribution >= 0.6 is 0 Å². The van der Waals surface area contributed by atoms with Gasteiger partial charge in [0, 0.05) is 6.92 Å². The number of rotatable bonds is 3. The van der Waals surface area contributed by atoms with Gasteiger partial charge in [-0.25, -0.2) is 0 Å². The molecule has 0 radical (unpaired) electrons. The van der Waals surface area contributed by atoms with Crippen molar-refractivity contribution in [1.82, 2.24) is 10.2 Å². The number of aromatic nitrogens is 2. The van der Waals surface area contributed by atoms with Crippen LogP contribution in [0, 0.1) is 13.8 Å². The average molecular weight is 204 g/mol. The quantitative estimate of drug-likeness (QED) is 0.769. The maximum atomic E-state index is 5.49. The summed E-state index contributed by atoms with van der Waals surface area (Å²) in [4.78, 5) is 0. The molecule has 0 saturated heterocycles. The first kappa shape index (κ1) is 9.71. The van der Waals surface area contributed by atoms with E-state index in [4.69, 9.17) is 9.15 Å². The molecule has 78 valence electrons. The van der Waals surface area contributed by atoms with Gasteiger partial charge < -0.3 is 9.15 Å². The van der Waals surface area contributed by atoms with Crippen molar-refractivity contribution in [3.63, 3.8) is 0 Å². The minimum atomic E-state index is 0.310. The van der Waals surface area contributed by atoms with Crippen LogP contribution in [0.15, 0.2) is 28.7 Å². The summed E-state index contributed by atoms with van der Waals surface area (Å²) in [6.45, 7) is 4.08. The highest BCUT2D eigenvalue weighted by Crippen LogP contribution is 2.13. The molecule has 15 heavy (non-hydrogen) atoms. The molecule has 0 spiro atoms. The highest BCUT2D eigenvalue weighted by atomic mass is 16.5. The predicted octanol–water partition coefficient (Wildman–Crippen LogP) is 2.27. The number of aryl methyl sites for hydroxylation is 2. The number of nitrogens with zero attached hydrogens (tertiary/aromatic N) is 2. The Kier molecular flexibility index (Phi) is 2.67. The fraction of sp³-hybridized carbons (Fsp3) is 0.273. The summed E-state index contributed by atoms with van der Waals surface area (Å²) in [6, 6.07) is 7.83. The Hall–Kier alpha value is -1.84. The van der Waals surface area contributed by atoms with E-state index in [1.165, 1.54) is 0 Å². The molecule has 0 aliphatic rings. The molecule has 0 fully saturated rings. The van der Waals surface area contributed by atoms with Crippen LogP contribution in [-0.2, 0) is 6.61 Å². The third-order valence-corrected chi connectivity index (χ3v) is 1.92. The first-order valence-electron chi connectivity index (χ1n) is 4.72. The van der Waals surface area contributed by atoms with Crippen LogP contribution in [0.5, 0.6) is 5.75 Å². The molecule has 2 aromatic rings. The summed E-state index contributed by atoms with van der Waals surface area (Å²) >= 11 is 0. The summed E-state index contributed by atoms with van der Waals surface area (Å²) in [5.74, 6) is 1.86. The molecule has 0 bridgehead atoms. The summed E-state index contributed by atoms with van der Waals surface area (Å²) in [5, 5.41) is 7.56. The van der Waals surface area contributed by atoms with Gasteiger partial charge in [-0.15, -0.1) is 10.2 Å². The van der Waals surface area contributed by atoms with E-state index in [1.807, 2.05) is 31.2 Å². The predicted molar refractivity (Wildman–Crippen MR) is 54.5 cm³/mol. The van der Waals surface area contributed by atoms with Crippen molar-refractivity contribution in [2.75, 3.05) is 0 Å². The molecule has 4 heteroatoms. The van der Waals surface area contributed by atoms with Crippen LogP contribution in [-0.4, -0.2) is 10.2 Å². The van der Waals surface area contributed by atoms with Crippen molar-refractivity contribution in [3.05, 3.63) is 41.6 Å². The second-order valence-corrected chi connectivity index (χ2v) is 3.32. The highest BCUT2D eigenvalue weighted by Gasteiger charge is 2.02. The Balaban J connectivity index is 1.99. The Labute approximate surface area is 87.9 Å². The summed E-state index contributed by atoms with van der Waals surface area (Å²) in [5.41, 5.74) is 1.16. The van der Waals surface area contributed by atoms with Gasteiger partial charge in [-0.2, -0.15) is 0 Å². The standard InChI is InChI=1S/C11H12N2O2/c1-8-4-3-5-10(6-8)14-7-11-13-12-9(2)15-11/h3-6H,7H2,1-2H3. The lowest BCUT2D eigenvalue weighted by Crippen LogP contribution is -1.95. The normalized spacial score (nSPS) is 10.3. The van der Waals surface area contributed by atoms with Gasteiger partial charge >= 0.3 is 0 Å². The molecular formula is C11H12N2O2. The zero-order valence-electron chi connectivity index (χ0n) is 8.73. The fourth-order valence-electron chi connectivity index (χ4n) is 1.25. The first-order valence-corrected chi connectivity index (χ1v) is 4.72. The maximum absolute atomic E-state index is 5.49. The average Bonchev–Trinajstić information content (AvgIpc) is 2.62. The third kappa shape index (κ3) is 2.56. The Morgan fingerprint density at radius 3 is 2.80 bits per heavy atom. The van der Waals surface area contributed by atoms with Gasteiger partial charge in [-0.3, -0.25) is 0 Å². The van der Waals surface area contributed by atoms with E-state index in [0.29, 0.717) is 18.4 Å². The van der Waals surface area contributed by atoms with Crippen LogP contribution in [0.4, 0.5) is 0 Å². The van der Waals surface area contributed by atoms with Crippen molar-refractivity contribution >= 4 is 0 Å². The SMILES string of the molecule is Cc1cccc(OCc2nnc(C)o2)c1. The van der Waals surface area contributed by atoms with Crippen LogP contribution in [0.3, 0.4) is 0 Å². The minimum absolute atomic E-state index is 0.310. The van der Waals surface area contributed by atoms with Crippen molar-refractivity contribution in [2.45, 2.75) is 20.5 Å². The Morgan fingerprint density at radius 2 is 2.13 bits per heavy atom. The van der Waals surface area contributed by atoms with E-state index in [0.717, 1.165) is 11.3 Å². The number of hydrogen-bond donors (Lipinski definition) is 0. The van der Waals surface area contributed by atoms with Gasteiger partial charge in [0.2, 0.25) is 5.89 Å². The van der Waals surface area contributed by atoms with E-state index in [2.05, 4.69) is 10.2 Å². The van der Waals surface area contributed by atoms with Crippen molar-refractivity contribution in [1.29, 1.82) is 0 Å². The second kappa shape index (κ2) is 4.13. The molecular weight excluding hydrogens is 192 g/mol. The van der Waals surface area contributed by atoms with E-state index in [-0.39, 0.29) is 0 Å². The molecule has 0 atom stereocenters. The molecule has 1 aromatic carbocycles. The lowest BCUT2D eigenvalue weighted by molar-refractivity contribution is 0.260. The molecule has 0 N–H and O–H groups in total. The van der Waals surface area contributed by atoms with Gasteiger partial charge in [-0.05, 0) is 24.6 Å². The number of benzene rings is 1.